The Balaban J connectivity index is 2.73. The summed E-state index contributed by atoms with van der Waals surface area (Å²) in [5.41, 5.74) is 6.60. The summed E-state index contributed by atoms with van der Waals surface area (Å²) in [7, 11) is 0. The molecule has 2 nitrogen and oxygen atoms in total. The van der Waals surface area contributed by atoms with Crippen LogP contribution in [0.2, 0.25) is 0 Å². The smallest absolute Gasteiger partial charge is 0.0326 e. The normalized spacial score (nSPS) is 26.8. The first-order chi connectivity index (χ1) is 6.32. The molecule has 1 aliphatic rings. The van der Waals surface area contributed by atoms with Crippen LogP contribution in [0, 0.1) is 11.3 Å². The molecule has 2 heteroatoms. The minimum absolute atomic E-state index is 0.188. The molecule has 0 aromatic carbocycles. The largest absolute Gasteiger partial charge is 0.329 e. The Labute approximate surface area is 88.8 Å². The van der Waals surface area contributed by atoms with Crippen LogP contribution < -0.4 is 5.73 Å². The standard InChI is InChI=1S/C12H26N2/c1-10(2)12(5,8-13)14-7-6-11(3,4)9-14/h10H,6-9,13H2,1-5H3. The van der Waals surface area contributed by atoms with Gasteiger partial charge in [0.2, 0.25) is 0 Å². The van der Waals surface area contributed by atoms with Crippen molar-refractivity contribution in [1.29, 1.82) is 0 Å². The zero-order valence-corrected chi connectivity index (χ0v) is 10.4. The molecule has 84 valence electrons. The molecule has 1 rings (SSSR count). The second kappa shape index (κ2) is 3.82. The molecule has 0 saturated carbocycles. The minimum Gasteiger partial charge on any atom is -0.329 e. The van der Waals surface area contributed by atoms with Crippen molar-refractivity contribution in [2.75, 3.05) is 19.6 Å². The van der Waals surface area contributed by atoms with E-state index in [1.807, 2.05) is 0 Å². The molecule has 0 amide bonds. The Morgan fingerprint density at radius 1 is 1.43 bits per heavy atom. The quantitative estimate of drug-likeness (QED) is 0.752. The number of hydrogen-bond donors (Lipinski definition) is 1. The summed E-state index contributed by atoms with van der Waals surface area (Å²) in [6, 6.07) is 0. The van der Waals surface area contributed by atoms with Crippen LogP contribution in [0.3, 0.4) is 0 Å². The van der Waals surface area contributed by atoms with E-state index in [0.29, 0.717) is 11.3 Å². The molecule has 1 atom stereocenters. The Morgan fingerprint density at radius 3 is 2.29 bits per heavy atom. The minimum atomic E-state index is 0.188. The van der Waals surface area contributed by atoms with Crippen LogP contribution in [0.5, 0.6) is 0 Å². The number of nitrogens with zero attached hydrogens (tertiary/aromatic N) is 1. The lowest BCUT2D eigenvalue weighted by atomic mass is 9.86. The number of nitrogens with two attached hydrogens (primary N) is 1. The van der Waals surface area contributed by atoms with E-state index < -0.39 is 0 Å². The van der Waals surface area contributed by atoms with Crippen LogP contribution in [-0.4, -0.2) is 30.1 Å². The summed E-state index contributed by atoms with van der Waals surface area (Å²) in [6.07, 6.45) is 1.30. The highest BCUT2D eigenvalue weighted by molar-refractivity contribution is 4.96. The van der Waals surface area contributed by atoms with E-state index in [-0.39, 0.29) is 5.54 Å². The molecule has 1 unspecified atom stereocenters. The van der Waals surface area contributed by atoms with Gasteiger partial charge in [-0.25, -0.2) is 0 Å². The summed E-state index contributed by atoms with van der Waals surface area (Å²) in [5.74, 6) is 0.626. The number of likely N-dealkylation sites (tertiary alicyclic amines) is 1. The van der Waals surface area contributed by atoms with Gasteiger partial charge >= 0.3 is 0 Å². The fraction of sp³-hybridized carbons (Fsp3) is 1.00. The molecule has 1 heterocycles. The number of rotatable bonds is 3. The molecule has 1 saturated heterocycles. The lowest BCUT2D eigenvalue weighted by Gasteiger charge is -2.42. The lowest BCUT2D eigenvalue weighted by molar-refractivity contribution is 0.0826. The predicted octanol–water partition coefficient (Wildman–Crippen LogP) is 2.09. The maximum atomic E-state index is 5.93. The van der Waals surface area contributed by atoms with Gasteiger partial charge < -0.3 is 5.73 Å². The monoisotopic (exact) mass is 198 g/mol. The van der Waals surface area contributed by atoms with Crippen molar-refractivity contribution in [2.45, 2.75) is 46.6 Å². The molecule has 0 radical (unpaired) electrons. The summed E-state index contributed by atoms with van der Waals surface area (Å²) >= 11 is 0. The van der Waals surface area contributed by atoms with Gasteiger partial charge in [0.1, 0.15) is 0 Å². The van der Waals surface area contributed by atoms with Crippen LogP contribution >= 0.6 is 0 Å². The Bertz CT molecular complexity index is 198. The third-order valence-electron chi connectivity index (χ3n) is 4.06. The SMILES string of the molecule is CC(C)C(C)(CN)N1CCC(C)(C)C1. The van der Waals surface area contributed by atoms with Crippen LogP contribution in [-0.2, 0) is 0 Å². The van der Waals surface area contributed by atoms with Crippen LogP contribution in [0.1, 0.15) is 41.0 Å². The van der Waals surface area contributed by atoms with E-state index in [2.05, 4.69) is 39.5 Å². The van der Waals surface area contributed by atoms with Crippen molar-refractivity contribution in [3.8, 4) is 0 Å². The lowest BCUT2D eigenvalue weighted by Crippen LogP contribution is -2.54. The highest BCUT2D eigenvalue weighted by Gasteiger charge is 2.40. The van der Waals surface area contributed by atoms with Gasteiger partial charge in [0.25, 0.3) is 0 Å². The highest BCUT2D eigenvalue weighted by Crippen LogP contribution is 2.35. The summed E-state index contributed by atoms with van der Waals surface area (Å²) in [6.45, 7) is 14.7. The third kappa shape index (κ3) is 2.12. The first-order valence-electron chi connectivity index (χ1n) is 5.77. The molecule has 0 aromatic rings. The van der Waals surface area contributed by atoms with Gasteiger partial charge in [0.15, 0.2) is 0 Å². The highest BCUT2D eigenvalue weighted by atomic mass is 15.2. The maximum absolute atomic E-state index is 5.93. The fourth-order valence-corrected chi connectivity index (χ4v) is 2.28. The van der Waals surface area contributed by atoms with Crippen LogP contribution in [0.25, 0.3) is 0 Å². The molecule has 0 spiro atoms. The van der Waals surface area contributed by atoms with Crippen molar-refractivity contribution in [3.05, 3.63) is 0 Å². The van der Waals surface area contributed by atoms with Gasteiger partial charge in [-0.05, 0) is 31.2 Å². The summed E-state index contributed by atoms with van der Waals surface area (Å²) in [5, 5.41) is 0. The topological polar surface area (TPSA) is 29.3 Å². The molecule has 1 aliphatic heterocycles. The second-order valence-electron chi connectivity index (χ2n) is 6.05. The van der Waals surface area contributed by atoms with Crippen LogP contribution in [0.4, 0.5) is 0 Å². The van der Waals surface area contributed by atoms with Gasteiger partial charge in [-0.2, -0.15) is 0 Å². The Hall–Kier alpha value is -0.0800. The first kappa shape index (κ1) is 12.0. The molecule has 14 heavy (non-hydrogen) atoms. The van der Waals surface area contributed by atoms with E-state index in [0.717, 1.165) is 6.54 Å². The van der Waals surface area contributed by atoms with Crippen molar-refractivity contribution >= 4 is 0 Å². The molecule has 1 fully saturated rings. The molecule has 2 N–H and O–H groups in total. The average Bonchev–Trinajstić information content (AvgIpc) is 2.44. The zero-order chi connectivity index (χ0) is 11.0. The average molecular weight is 198 g/mol. The molecular weight excluding hydrogens is 172 g/mol. The van der Waals surface area contributed by atoms with Crippen molar-refractivity contribution in [2.24, 2.45) is 17.1 Å². The third-order valence-corrected chi connectivity index (χ3v) is 4.06. The summed E-state index contributed by atoms with van der Waals surface area (Å²) in [4.78, 5) is 2.58. The molecule has 0 aromatic heterocycles. The second-order valence-corrected chi connectivity index (χ2v) is 6.05. The molecule has 0 bridgehead atoms. The van der Waals surface area contributed by atoms with Gasteiger partial charge in [-0.1, -0.05) is 27.7 Å². The van der Waals surface area contributed by atoms with E-state index in [4.69, 9.17) is 5.73 Å². The fourth-order valence-electron chi connectivity index (χ4n) is 2.28. The Morgan fingerprint density at radius 2 is 2.00 bits per heavy atom. The van der Waals surface area contributed by atoms with Crippen molar-refractivity contribution in [1.82, 2.24) is 4.90 Å². The van der Waals surface area contributed by atoms with E-state index in [1.165, 1.54) is 19.5 Å². The van der Waals surface area contributed by atoms with Crippen molar-refractivity contribution < 1.29 is 0 Å². The van der Waals surface area contributed by atoms with E-state index in [1.54, 1.807) is 0 Å². The van der Waals surface area contributed by atoms with Crippen molar-refractivity contribution in [3.63, 3.8) is 0 Å². The molecule has 0 aliphatic carbocycles. The summed E-state index contributed by atoms with van der Waals surface area (Å²) < 4.78 is 0. The van der Waals surface area contributed by atoms with E-state index in [9.17, 15) is 0 Å². The van der Waals surface area contributed by atoms with Gasteiger partial charge in [-0.15, -0.1) is 0 Å². The zero-order valence-electron chi connectivity index (χ0n) is 10.4. The Kier molecular flexibility index (Phi) is 3.27. The van der Waals surface area contributed by atoms with Gasteiger partial charge in [0, 0.05) is 18.6 Å². The van der Waals surface area contributed by atoms with Gasteiger partial charge in [-0.3, -0.25) is 4.90 Å². The first-order valence-corrected chi connectivity index (χ1v) is 5.77. The maximum Gasteiger partial charge on any atom is 0.0326 e. The number of hydrogen-bond acceptors (Lipinski definition) is 2. The van der Waals surface area contributed by atoms with Gasteiger partial charge in [0.05, 0.1) is 0 Å². The van der Waals surface area contributed by atoms with E-state index >= 15 is 0 Å². The predicted molar refractivity (Wildman–Crippen MR) is 62.3 cm³/mol. The molecular formula is C12H26N2. The van der Waals surface area contributed by atoms with Crippen LogP contribution in [0.15, 0.2) is 0 Å².